The number of benzene rings is 1. The summed E-state index contributed by atoms with van der Waals surface area (Å²) in [5.74, 6) is 1.19. The number of nitrogens with one attached hydrogen (secondary N) is 1. The SMILES string of the molecule is CCOC(=O)c1ccc(CNC(=NC)N2CCC(COC)C2)cc1. The summed E-state index contributed by atoms with van der Waals surface area (Å²) in [5.41, 5.74) is 1.67. The van der Waals surface area contributed by atoms with Crippen molar-refractivity contribution in [2.45, 2.75) is 19.9 Å². The third kappa shape index (κ3) is 4.96. The minimum absolute atomic E-state index is 0.283. The maximum atomic E-state index is 11.7. The summed E-state index contributed by atoms with van der Waals surface area (Å²) in [7, 11) is 3.55. The van der Waals surface area contributed by atoms with Crippen LogP contribution in [-0.2, 0) is 16.0 Å². The van der Waals surface area contributed by atoms with E-state index in [9.17, 15) is 4.79 Å². The highest BCUT2D eigenvalue weighted by atomic mass is 16.5. The molecule has 0 aliphatic carbocycles. The Morgan fingerprint density at radius 1 is 1.38 bits per heavy atom. The second-order valence-electron chi connectivity index (χ2n) is 5.87. The number of guanidine groups is 1. The predicted molar refractivity (Wildman–Crippen MR) is 94.2 cm³/mol. The first-order chi connectivity index (χ1) is 11.7. The van der Waals surface area contributed by atoms with Crippen LogP contribution in [-0.4, -0.2) is 57.3 Å². The molecule has 0 radical (unpaired) electrons. The fraction of sp³-hybridized carbons (Fsp3) is 0.556. The summed E-state index contributed by atoms with van der Waals surface area (Å²) in [6.07, 6.45) is 1.13. The first-order valence-electron chi connectivity index (χ1n) is 8.38. The number of carbonyl (C=O) groups excluding carboxylic acids is 1. The van der Waals surface area contributed by atoms with Gasteiger partial charge in [0.2, 0.25) is 0 Å². The lowest BCUT2D eigenvalue weighted by Gasteiger charge is -2.21. The van der Waals surface area contributed by atoms with Gasteiger partial charge in [0.15, 0.2) is 5.96 Å². The molecule has 6 nitrogen and oxygen atoms in total. The van der Waals surface area contributed by atoms with Crippen LogP contribution in [0, 0.1) is 5.92 Å². The standard InChI is InChI=1S/C18H27N3O3/c1-4-24-17(22)16-7-5-14(6-8-16)11-20-18(19-2)21-10-9-15(12-21)13-23-3/h5-8,15H,4,9-13H2,1-3H3,(H,19,20). The van der Waals surface area contributed by atoms with Crippen LogP contribution in [0.25, 0.3) is 0 Å². The van der Waals surface area contributed by atoms with Crippen molar-refractivity contribution in [2.24, 2.45) is 10.9 Å². The van der Waals surface area contributed by atoms with Crippen molar-refractivity contribution in [3.63, 3.8) is 0 Å². The van der Waals surface area contributed by atoms with Crippen molar-refractivity contribution in [1.82, 2.24) is 10.2 Å². The van der Waals surface area contributed by atoms with Gasteiger partial charge in [-0.2, -0.15) is 0 Å². The van der Waals surface area contributed by atoms with E-state index in [1.165, 1.54) is 0 Å². The van der Waals surface area contributed by atoms with Gasteiger partial charge in [0.1, 0.15) is 0 Å². The van der Waals surface area contributed by atoms with Crippen LogP contribution in [0.2, 0.25) is 0 Å². The van der Waals surface area contributed by atoms with Crippen molar-refractivity contribution in [3.05, 3.63) is 35.4 Å². The molecule has 132 valence electrons. The fourth-order valence-corrected chi connectivity index (χ4v) is 2.88. The van der Waals surface area contributed by atoms with E-state index < -0.39 is 0 Å². The fourth-order valence-electron chi connectivity index (χ4n) is 2.88. The van der Waals surface area contributed by atoms with Crippen molar-refractivity contribution in [3.8, 4) is 0 Å². The van der Waals surface area contributed by atoms with E-state index in [-0.39, 0.29) is 5.97 Å². The van der Waals surface area contributed by atoms with Crippen LogP contribution >= 0.6 is 0 Å². The molecule has 1 unspecified atom stereocenters. The van der Waals surface area contributed by atoms with Gasteiger partial charge < -0.3 is 19.7 Å². The van der Waals surface area contributed by atoms with Gasteiger partial charge in [0.05, 0.1) is 18.8 Å². The van der Waals surface area contributed by atoms with Gasteiger partial charge in [0.25, 0.3) is 0 Å². The summed E-state index contributed by atoms with van der Waals surface area (Å²) >= 11 is 0. The molecule has 1 aromatic rings. The lowest BCUT2D eigenvalue weighted by Crippen LogP contribution is -2.39. The van der Waals surface area contributed by atoms with Crippen LogP contribution in [0.4, 0.5) is 0 Å². The van der Waals surface area contributed by atoms with Crippen LogP contribution < -0.4 is 5.32 Å². The van der Waals surface area contributed by atoms with Gasteiger partial charge in [-0.15, -0.1) is 0 Å². The monoisotopic (exact) mass is 333 g/mol. The molecule has 6 heteroatoms. The highest BCUT2D eigenvalue weighted by Crippen LogP contribution is 2.16. The molecule has 1 aliphatic heterocycles. The summed E-state index contributed by atoms with van der Waals surface area (Å²) < 4.78 is 10.2. The molecule has 1 aromatic carbocycles. The maximum absolute atomic E-state index is 11.7. The molecule has 0 aromatic heterocycles. The van der Waals surface area contributed by atoms with Crippen LogP contribution in [0.1, 0.15) is 29.3 Å². The van der Waals surface area contributed by atoms with Crippen molar-refractivity contribution in [2.75, 3.05) is 40.5 Å². The Labute approximate surface area is 143 Å². The van der Waals surface area contributed by atoms with E-state index >= 15 is 0 Å². The molecule has 1 atom stereocenters. The number of hydrogen-bond donors (Lipinski definition) is 1. The van der Waals surface area contributed by atoms with Gasteiger partial charge in [-0.3, -0.25) is 4.99 Å². The van der Waals surface area contributed by atoms with E-state index in [0.29, 0.717) is 24.6 Å². The number of likely N-dealkylation sites (tertiary alicyclic amines) is 1. The Kier molecular flexibility index (Phi) is 7.06. The molecule has 1 N–H and O–H groups in total. The van der Waals surface area contributed by atoms with E-state index in [1.54, 1.807) is 33.2 Å². The minimum atomic E-state index is -0.283. The highest BCUT2D eigenvalue weighted by molar-refractivity contribution is 5.89. The van der Waals surface area contributed by atoms with Gasteiger partial charge in [-0.1, -0.05) is 12.1 Å². The average Bonchev–Trinajstić information content (AvgIpc) is 3.05. The zero-order valence-corrected chi connectivity index (χ0v) is 14.7. The lowest BCUT2D eigenvalue weighted by molar-refractivity contribution is 0.0526. The Morgan fingerprint density at radius 3 is 2.75 bits per heavy atom. The third-order valence-electron chi connectivity index (χ3n) is 4.12. The van der Waals surface area contributed by atoms with Crippen LogP contribution in [0.15, 0.2) is 29.3 Å². The molecular weight excluding hydrogens is 306 g/mol. The molecule has 24 heavy (non-hydrogen) atoms. The molecule has 0 amide bonds. The van der Waals surface area contributed by atoms with Crippen LogP contribution in [0.5, 0.6) is 0 Å². The maximum Gasteiger partial charge on any atom is 0.338 e. The van der Waals surface area contributed by atoms with Crippen LogP contribution in [0.3, 0.4) is 0 Å². The normalized spacial score (nSPS) is 17.9. The topological polar surface area (TPSA) is 63.2 Å². The molecule has 0 bridgehead atoms. The highest BCUT2D eigenvalue weighted by Gasteiger charge is 2.24. The number of ether oxygens (including phenoxy) is 2. The molecular formula is C18H27N3O3. The zero-order chi connectivity index (χ0) is 17.4. The van der Waals surface area contributed by atoms with Crippen molar-refractivity contribution in [1.29, 1.82) is 0 Å². The number of carbonyl (C=O) groups is 1. The van der Waals surface area contributed by atoms with Gasteiger partial charge >= 0.3 is 5.97 Å². The van der Waals surface area contributed by atoms with E-state index in [2.05, 4.69) is 15.2 Å². The number of rotatable bonds is 6. The quantitative estimate of drug-likeness (QED) is 0.489. The molecule has 1 heterocycles. The largest absolute Gasteiger partial charge is 0.462 e. The van der Waals surface area contributed by atoms with E-state index in [0.717, 1.165) is 37.6 Å². The van der Waals surface area contributed by atoms with Crippen molar-refractivity contribution >= 4 is 11.9 Å². The van der Waals surface area contributed by atoms with E-state index in [1.807, 2.05) is 12.1 Å². The summed E-state index contributed by atoms with van der Waals surface area (Å²) in [4.78, 5) is 18.3. The van der Waals surface area contributed by atoms with Gasteiger partial charge in [0, 0.05) is 39.7 Å². The average molecular weight is 333 g/mol. The van der Waals surface area contributed by atoms with Gasteiger partial charge in [-0.05, 0) is 31.0 Å². The number of esters is 1. The van der Waals surface area contributed by atoms with Gasteiger partial charge in [-0.25, -0.2) is 4.79 Å². The molecule has 0 saturated carbocycles. The first kappa shape index (κ1) is 18.3. The number of hydrogen-bond acceptors (Lipinski definition) is 4. The summed E-state index contributed by atoms with van der Waals surface area (Å²) in [6.45, 7) is 5.62. The second-order valence-corrected chi connectivity index (χ2v) is 5.87. The zero-order valence-electron chi connectivity index (χ0n) is 14.7. The third-order valence-corrected chi connectivity index (χ3v) is 4.12. The number of methoxy groups -OCH3 is 1. The molecule has 1 fully saturated rings. The summed E-state index contributed by atoms with van der Waals surface area (Å²) in [6, 6.07) is 7.46. The Bertz CT molecular complexity index is 557. The lowest BCUT2D eigenvalue weighted by atomic mass is 10.1. The molecule has 2 rings (SSSR count). The first-order valence-corrected chi connectivity index (χ1v) is 8.38. The number of nitrogens with zero attached hydrogens (tertiary/aromatic N) is 2. The second kappa shape index (κ2) is 9.27. The smallest absolute Gasteiger partial charge is 0.338 e. The van der Waals surface area contributed by atoms with Crippen molar-refractivity contribution < 1.29 is 14.3 Å². The van der Waals surface area contributed by atoms with E-state index in [4.69, 9.17) is 9.47 Å². The Morgan fingerprint density at radius 2 is 2.12 bits per heavy atom. The molecule has 1 saturated heterocycles. The minimum Gasteiger partial charge on any atom is -0.462 e. The molecule has 1 aliphatic rings. The Hall–Kier alpha value is -2.08. The predicted octanol–water partition coefficient (Wildman–Crippen LogP) is 1.91. The molecule has 0 spiro atoms. The Balaban J connectivity index is 1.86. The number of aliphatic imine (C=N–C) groups is 1. The summed E-state index contributed by atoms with van der Waals surface area (Å²) in [5, 5.41) is 3.38.